The molecule has 0 aliphatic carbocycles. The first-order valence-corrected chi connectivity index (χ1v) is 8.26. The summed E-state index contributed by atoms with van der Waals surface area (Å²) in [6, 6.07) is 7.75. The quantitative estimate of drug-likeness (QED) is 0.472. The number of hydrogen-bond donors (Lipinski definition) is 1. The average Bonchev–Trinajstić information content (AvgIpc) is 2.50. The fourth-order valence-electron chi connectivity index (χ4n) is 1.96. The highest BCUT2D eigenvalue weighted by Gasteiger charge is 2.09. The molecular formula is C17H27ClN4O. The van der Waals surface area contributed by atoms with Crippen LogP contribution in [0.25, 0.3) is 0 Å². The van der Waals surface area contributed by atoms with E-state index in [2.05, 4.69) is 17.2 Å². The number of carbonyl (C=O) groups is 1. The Kier molecular flexibility index (Phi) is 8.48. The topological polar surface area (TPSA) is 47.9 Å². The summed E-state index contributed by atoms with van der Waals surface area (Å²) in [7, 11) is 5.42. The zero-order chi connectivity index (χ0) is 17.2. The van der Waals surface area contributed by atoms with Crippen LogP contribution in [0.5, 0.6) is 0 Å². The Hall–Kier alpha value is -1.75. The van der Waals surface area contributed by atoms with Gasteiger partial charge in [-0.05, 0) is 24.1 Å². The van der Waals surface area contributed by atoms with Gasteiger partial charge in [-0.1, -0.05) is 37.1 Å². The number of benzene rings is 1. The van der Waals surface area contributed by atoms with Crippen LogP contribution < -0.4 is 5.32 Å². The molecule has 0 atom stereocenters. The average molecular weight is 339 g/mol. The Labute approximate surface area is 144 Å². The van der Waals surface area contributed by atoms with Crippen LogP contribution in [-0.4, -0.2) is 55.9 Å². The second-order valence-electron chi connectivity index (χ2n) is 5.69. The number of amides is 1. The van der Waals surface area contributed by atoms with Gasteiger partial charge in [0.15, 0.2) is 5.96 Å². The minimum atomic E-state index is -0.0176. The summed E-state index contributed by atoms with van der Waals surface area (Å²) < 4.78 is 0. The smallest absolute Gasteiger partial charge is 0.243 e. The van der Waals surface area contributed by atoms with Crippen LogP contribution in [-0.2, 0) is 11.3 Å². The van der Waals surface area contributed by atoms with E-state index in [1.54, 1.807) is 19.0 Å². The predicted octanol–water partition coefficient (Wildman–Crippen LogP) is 2.61. The summed E-state index contributed by atoms with van der Waals surface area (Å²) in [5, 5.41) is 4.04. The monoisotopic (exact) mass is 338 g/mol. The molecule has 5 nitrogen and oxygen atoms in total. The molecule has 0 heterocycles. The number of nitrogens with one attached hydrogen (secondary N) is 1. The molecule has 23 heavy (non-hydrogen) atoms. The number of rotatable bonds is 7. The van der Waals surface area contributed by atoms with Gasteiger partial charge in [0.1, 0.15) is 6.54 Å². The van der Waals surface area contributed by atoms with Crippen molar-refractivity contribution < 1.29 is 4.79 Å². The van der Waals surface area contributed by atoms with Gasteiger partial charge in [0.05, 0.1) is 0 Å². The number of unbranched alkanes of at least 4 members (excludes halogenated alkanes) is 1. The number of hydrogen-bond acceptors (Lipinski definition) is 2. The number of halogens is 1. The maximum absolute atomic E-state index is 11.8. The molecular weight excluding hydrogens is 312 g/mol. The Balaban J connectivity index is 2.76. The number of likely N-dealkylation sites (N-methyl/N-ethyl adjacent to an activating group) is 1. The molecule has 1 aromatic rings. The Morgan fingerprint density at radius 1 is 1.30 bits per heavy atom. The van der Waals surface area contributed by atoms with Gasteiger partial charge in [-0.3, -0.25) is 4.79 Å². The molecule has 0 radical (unpaired) electrons. The van der Waals surface area contributed by atoms with Gasteiger partial charge in [-0.15, -0.1) is 0 Å². The second kappa shape index (κ2) is 10.1. The number of carbonyl (C=O) groups excluding carboxylic acids is 1. The van der Waals surface area contributed by atoms with Crippen LogP contribution in [0, 0.1) is 0 Å². The standard InChI is InChI=1S/C17H27ClN4O/c1-5-6-10-19-17(20-12-16(23)21(2)3)22(4)13-14-8-7-9-15(18)11-14/h7-9,11H,5-6,10,12-13H2,1-4H3,(H,19,20). The Morgan fingerprint density at radius 3 is 2.65 bits per heavy atom. The second-order valence-corrected chi connectivity index (χ2v) is 6.13. The lowest BCUT2D eigenvalue weighted by molar-refractivity contribution is -0.127. The first-order valence-electron chi connectivity index (χ1n) is 7.88. The first kappa shape index (κ1) is 19.3. The van der Waals surface area contributed by atoms with Crippen LogP contribution in [0.15, 0.2) is 29.3 Å². The molecule has 1 aromatic carbocycles. The van der Waals surface area contributed by atoms with Gasteiger partial charge >= 0.3 is 0 Å². The van der Waals surface area contributed by atoms with Crippen LogP contribution in [0.1, 0.15) is 25.3 Å². The van der Waals surface area contributed by atoms with E-state index in [1.807, 2.05) is 36.2 Å². The Bertz CT molecular complexity index is 531. The van der Waals surface area contributed by atoms with Crippen molar-refractivity contribution >= 4 is 23.5 Å². The summed E-state index contributed by atoms with van der Waals surface area (Å²) in [6.45, 7) is 3.80. The summed E-state index contributed by atoms with van der Waals surface area (Å²) in [6.07, 6.45) is 2.17. The molecule has 128 valence electrons. The van der Waals surface area contributed by atoms with Crippen LogP contribution in [0.2, 0.25) is 5.02 Å². The van der Waals surface area contributed by atoms with Gasteiger partial charge in [0.2, 0.25) is 5.91 Å². The molecule has 0 bridgehead atoms. The minimum Gasteiger partial charge on any atom is -0.356 e. The third-order valence-electron chi connectivity index (χ3n) is 3.35. The first-order chi connectivity index (χ1) is 10.9. The fraction of sp³-hybridized carbons (Fsp3) is 0.529. The van der Waals surface area contributed by atoms with E-state index in [1.165, 1.54) is 0 Å². The molecule has 0 unspecified atom stereocenters. The highest BCUT2D eigenvalue weighted by atomic mass is 35.5. The summed E-state index contributed by atoms with van der Waals surface area (Å²) in [5.74, 6) is 0.713. The predicted molar refractivity (Wildman–Crippen MR) is 96.8 cm³/mol. The van der Waals surface area contributed by atoms with E-state index < -0.39 is 0 Å². The molecule has 0 spiro atoms. The molecule has 0 fully saturated rings. The lowest BCUT2D eigenvalue weighted by Crippen LogP contribution is -2.40. The van der Waals surface area contributed by atoms with E-state index in [4.69, 9.17) is 11.6 Å². The molecule has 1 rings (SSSR count). The van der Waals surface area contributed by atoms with Crippen molar-refractivity contribution in [3.05, 3.63) is 34.9 Å². The van der Waals surface area contributed by atoms with Gasteiger partial charge in [-0.25, -0.2) is 4.99 Å². The zero-order valence-corrected chi connectivity index (χ0v) is 15.2. The molecule has 6 heteroatoms. The molecule has 1 N–H and O–H groups in total. The molecule has 1 amide bonds. The van der Waals surface area contributed by atoms with Gasteiger partial charge in [0, 0.05) is 39.3 Å². The SMILES string of the molecule is CCCCNC(=NCC(=O)N(C)C)N(C)Cc1cccc(Cl)c1. The largest absolute Gasteiger partial charge is 0.356 e. The van der Waals surface area contributed by atoms with E-state index in [-0.39, 0.29) is 12.5 Å². The molecule has 0 saturated heterocycles. The lowest BCUT2D eigenvalue weighted by atomic mass is 10.2. The van der Waals surface area contributed by atoms with Crippen molar-refractivity contribution in [1.29, 1.82) is 0 Å². The van der Waals surface area contributed by atoms with Crippen molar-refractivity contribution in [3.8, 4) is 0 Å². The fourth-order valence-corrected chi connectivity index (χ4v) is 2.17. The third kappa shape index (κ3) is 7.37. The van der Waals surface area contributed by atoms with Crippen molar-refractivity contribution in [1.82, 2.24) is 15.1 Å². The van der Waals surface area contributed by atoms with E-state index in [0.717, 1.165) is 35.9 Å². The van der Waals surface area contributed by atoms with Gasteiger partial charge in [0.25, 0.3) is 0 Å². The highest BCUT2D eigenvalue weighted by Crippen LogP contribution is 2.12. The van der Waals surface area contributed by atoms with Gasteiger partial charge in [-0.2, -0.15) is 0 Å². The summed E-state index contributed by atoms with van der Waals surface area (Å²) >= 11 is 6.03. The highest BCUT2D eigenvalue weighted by molar-refractivity contribution is 6.30. The van der Waals surface area contributed by atoms with Crippen molar-refractivity contribution in [2.75, 3.05) is 34.2 Å². The maximum Gasteiger partial charge on any atom is 0.243 e. The molecule has 0 saturated carbocycles. The molecule has 0 aromatic heterocycles. The molecule has 0 aliphatic rings. The van der Waals surface area contributed by atoms with Crippen LogP contribution in [0.4, 0.5) is 0 Å². The summed E-state index contributed by atoms with van der Waals surface area (Å²) in [4.78, 5) is 19.8. The molecule has 0 aliphatic heterocycles. The number of aliphatic imine (C=N–C) groups is 1. The lowest BCUT2D eigenvalue weighted by Gasteiger charge is -2.23. The number of nitrogens with zero attached hydrogens (tertiary/aromatic N) is 3. The van der Waals surface area contributed by atoms with Crippen molar-refractivity contribution in [2.24, 2.45) is 4.99 Å². The number of guanidine groups is 1. The van der Waals surface area contributed by atoms with E-state index in [9.17, 15) is 4.79 Å². The van der Waals surface area contributed by atoms with Crippen LogP contribution in [0.3, 0.4) is 0 Å². The summed E-state index contributed by atoms with van der Waals surface area (Å²) in [5.41, 5.74) is 1.10. The van der Waals surface area contributed by atoms with E-state index >= 15 is 0 Å². The Morgan fingerprint density at radius 2 is 2.04 bits per heavy atom. The third-order valence-corrected chi connectivity index (χ3v) is 3.58. The maximum atomic E-state index is 11.8. The van der Waals surface area contributed by atoms with Gasteiger partial charge < -0.3 is 15.1 Å². The van der Waals surface area contributed by atoms with Crippen molar-refractivity contribution in [3.63, 3.8) is 0 Å². The zero-order valence-electron chi connectivity index (χ0n) is 14.5. The van der Waals surface area contributed by atoms with E-state index in [0.29, 0.717) is 6.54 Å². The minimum absolute atomic E-state index is 0.0176. The van der Waals surface area contributed by atoms with Crippen molar-refractivity contribution in [2.45, 2.75) is 26.3 Å². The van der Waals surface area contributed by atoms with Crippen LogP contribution >= 0.6 is 11.6 Å². The normalized spacial score (nSPS) is 11.3.